The average molecular weight is 527 g/mol. The zero-order valence-electron chi connectivity index (χ0n) is 19.3. The van der Waals surface area contributed by atoms with Crippen LogP contribution in [0.1, 0.15) is 56.3 Å². The predicted octanol–water partition coefficient (Wildman–Crippen LogP) is 4.18. The van der Waals surface area contributed by atoms with Gasteiger partial charge in [-0.3, -0.25) is 5.10 Å². The van der Waals surface area contributed by atoms with Gasteiger partial charge in [0.2, 0.25) is 0 Å². The minimum atomic E-state index is -5.14. The molecule has 2 saturated carbocycles. The number of nitrogens with one attached hydrogen (secondary N) is 4. The molecule has 2 fully saturated rings. The maximum atomic E-state index is 12.9. The molecular formula is C21H25F3N8O3S. The molecule has 4 N–H and O–H groups in total. The van der Waals surface area contributed by atoms with Crippen molar-refractivity contribution in [3.8, 4) is 0 Å². The second kappa shape index (κ2) is 8.64. The summed E-state index contributed by atoms with van der Waals surface area (Å²) in [4.78, 5) is 16.3. The zero-order valence-corrected chi connectivity index (χ0v) is 20.1. The standard InChI is InChI=1S/C21H25F3N8O3S/c1-20(4-5-20)28-19(33)35-14-3-2-12(8-14)15-10-17(30-29-15)27-18-16-9-13(31-32(16)7-6-26-18)11-36(25,34)21(22,23)24/h6-7,9-10,12,14,25H,2-5,8,11H2,1H3,(H,28,33)(H2,26,27,29,30)/t12-,14+,36?/m0/s1. The Labute approximate surface area is 204 Å². The number of fused-ring (bicyclic) bond motifs is 1. The Morgan fingerprint density at radius 1 is 1.36 bits per heavy atom. The number of H-pyrrole nitrogens is 1. The summed E-state index contributed by atoms with van der Waals surface area (Å²) in [5.41, 5.74) is -4.21. The van der Waals surface area contributed by atoms with Crippen LogP contribution in [0.15, 0.2) is 24.5 Å². The van der Waals surface area contributed by atoms with Gasteiger partial charge in [-0.15, -0.1) is 0 Å². The topological polar surface area (TPSA) is 150 Å². The first-order valence-corrected chi connectivity index (χ1v) is 13.1. The van der Waals surface area contributed by atoms with Gasteiger partial charge >= 0.3 is 11.6 Å². The van der Waals surface area contributed by atoms with Gasteiger partial charge in [0.25, 0.3) is 0 Å². The molecule has 0 spiro atoms. The Kier molecular flexibility index (Phi) is 5.84. The largest absolute Gasteiger partial charge is 0.479 e. The molecule has 0 bridgehead atoms. The number of nitrogens with zero attached hydrogens (tertiary/aromatic N) is 4. The number of carbonyl (C=O) groups is 1. The van der Waals surface area contributed by atoms with Gasteiger partial charge in [0.05, 0.1) is 11.4 Å². The van der Waals surface area contributed by atoms with Crippen molar-refractivity contribution in [2.45, 2.75) is 67.8 Å². The first-order valence-electron chi connectivity index (χ1n) is 11.4. The molecule has 3 aromatic rings. The van der Waals surface area contributed by atoms with Crippen molar-refractivity contribution in [1.29, 1.82) is 4.78 Å². The van der Waals surface area contributed by atoms with E-state index in [2.05, 4.69) is 30.9 Å². The van der Waals surface area contributed by atoms with Crippen molar-refractivity contribution in [1.82, 2.24) is 30.1 Å². The van der Waals surface area contributed by atoms with Crippen LogP contribution in [0.4, 0.5) is 29.6 Å². The lowest BCUT2D eigenvalue weighted by Gasteiger charge is -2.16. The van der Waals surface area contributed by atoms with Gasteiger partial charge in [-0.05, 0) is 45.1 Å². The highest BCUT2D eigenvalue weighted by molar-refractivity contribution is 7.92. The highest BCUT2D eigenvalue weighted by Gasteiger charge is 2.42. The molecule has 15 heteroatoms. The van der Waals surface area contributed by atoms with Crippen LogP contribution in [0.2, 0.25) is 0 Å². The van der Waals surface area contributed by atoms with Crippen molar-refractivity contribution in [2.75, 3.05) is 5.32 Å². The molecule has 0 radical (unpaired) electrons. The molecule has 0 aliphatic heterocycles. The number of amides is 1. The summed E-state index contributed by atoms with van der Waals surface area (Å²) in [5, 5.41) is 17.2. The van der Waals surface area contributed by atoms with Crippen LogP contribution in [-0.4, -0.2) is 52.2 Å². The predicted molar refractivity (Wildman–Crippen MR) is 123 cm³/mol. The minimum absolute atomic E-state index is 0.125. The number of alkyl carbamates (subject to hydrolysis) is 1. The fourth-order valence-electron chi connectivity index (χ4n) is 4.23. The highest BCUT2D eigenvalue weighted by Crippen LogP contribution is 2.38. The smallest absolute Gasteiger partial charge is 0.446 e. The van der Waals surface area contributed by atoms with Crippen LogP contribution < -0.4 is 10.6 Å². The first-order chi connectivity index (χ1) is 16.9. The summed E-state index contributed by atoms with van der Waals surface area (Å²) in [6.45, 7) is 1.99. The third-order valence-corrected chi connectivity index (χ3v) is 7.96. The highest BCUT2D eigenvalue weighted by atomic mass is 32.2. The van der Waals surface area contributed by atoms with E-state index in [9.17, 15) is 22.2 Å². The summed E-state index contributed by atoms with van der Waals surface area (Å²) in [7, 11) is -4.86. The molecule has 2 aliphatic rings. The van der Waals surface area contributed by atoms with E-state index in [-0.39, 0.29) is 35.2 Å². The molecule has 1 unspecified atom stereocenters. The molecular weight excluding hydrogens is 501 g/mol. The second-order valence-electron chi connectivity index (χ2n) is 9.56. The quantitative estimate of drug-likeness (QED) is 0.361. The number of ether oxygens (including phenoxy) is 1. The van der Waals surface area contributed by atoms with Crippen LogP contribution >= 0.6 is 0 Å². The number of rotatable bonds is 7. The van der Waals surface area contributed by atoms with Crippen molar-refractivity contribution in [3.05, 3.63) is 35.9 Å². The SMILES string of the molecule is CC1(NC(=O)O[C@@H]2CC[C@H](c3cc(Nc4nccn5nc(CS(=N)(=O)C(F)(F)F)cc45)n[nH]3)C2)CC1. The number of alkyl halides is 3. The van der Waals surface area contributed by atoms with Crippen molar-refractivity contribution >= 4 is 33.0 Å². The Morgan fingerprint density at radius 3 is 2.86 bits per heavy atom. The third-order valence-electron chi connectivity index (χ3n) is 6.51. The maximum absolute atomic E-state index is 12.9. The normalized spacial score (nSPS) is 22.8. The van der Waals surface area contributed by atoms with Gasteiger partial charge in [-0.1, -0.05) is 0 Å². The molecule has 1 amide bonds. The van der Waals surface area contributed by atoms with Gasteiger partial charge in [-0.2, -0.15) is 23.4 Å². The van der Waals surface area contributed by atoms with E-state index < -0.39 is 21.0 Å². The molecule has 3 aromatic heterocycles. The number of hydrogen-bond acceptors (Lipinski definition) is 8. The van der Waals surface area contributed by atoms with Crippen LogP contribution in [-0.2, 0) is 20.2 Å². The van der Waals surface area contributed by atoms with E-state index in [1.54, 1.807) is 6.07 Å². The average Bonchev–Trinajstić information content (AvgIpc) is 3.19. The van der Waals surface area contributed by atoms with Gasteiger partial charge in [0.15, 0.2) is 11.6 Å². The molecule has 36 heavy (non-hydrogen) atoms. The number of aromatic nitrogens is 5. The summed E-state index contributed by atoms with van der Waals surface area (Å²) >= 11 is 0. The van der Waals surface area contributed by atoms with Crippen LogP contribution in [0.3, 0.4) is 0 Å². The Hall–Kier alpha value is -3.36. The van der Waals surface area contributed by atoms with Crippen molar-refractivity contribution < 1.29 is 26.9 Å². The fraction of sp³-hybridized carbons (Fsp3) is 0.524. The molecule has 0 aromatic carbocycles. The van der Waals surface area contributed by atoms with E-state index >= 15 is 0 Å². The fourth-order valence-corrected chi connectivity index (χ4v) is 4.95. The van der Waals surface area contributed by atoms with Crippen LogP contribution in [0, 0.1) is 4.78 Å². The maximum Gasteiger partial charge on any atom is 0.479 e. The lowest BCUT2D eigenvalue weighted by molar-refractivity contribution is -0.0408. The number of halogens is 3. The third kappa shape index (κ3) is 5.10. The van der Waals surface area contributed by atoms with Gasteiger partial charge in [0.1, 0.15) is 21.3 Å². The second-order valence-corrected chi connectivity index (χ2v) is 11.7. The van der Waals surface area contributed by atoms with Gasteiger partial charge in [0, 0.05) is 35.6 Å². The Balaban J connectivity index is 1.24. The number of aromatic amines is 1. The van der Waals surface area contributed by atoms with E-state index in [0.29, 0.717) is 17.8 Å². The number of hydrogen-bond donors (Lipinski definition) is 4. The van der Waals surface area contributed by atoms with E-state index in [0.717, 1.165) is 31.4 Å². The summed E-state index contributed by atoms with van der Waals surface area (Å²) in [6.07, 6.45) is 6.43. The molecule has 2 aliphatic carbocycles. The summed E-state index contributed by atoms with van der Waals surface area (Å²) in [6, 6.07) is 3.12. The molecule has 11 nitrogen and oxygen atoms in total. The van der Waals surface area contributed by atoms with Gasteiger partial charge < -0.3 is 15.4 Å². The number of anilines is 2. The van der Waals surface area contributed by atoms with E-state index in [1.807, 2.05) is 6.92 Å². The molecule has 0 saturated heterocycles. The lowest BCUT2D eigenvalue weighted by Crippen LogP contribution is -2.36. The van der Waals surface area contributed by atoms with E-state index in [1.165, 1.54) is 23.0 Å². The first kappa shape index (κ1) is 24.3. The van der Waals surface area contributed by atoms with Crippen molar-refractivity contribution in [3.63, 3.8) is 0 Å². The monoisotopic (exact) mass is 526 g/mol. The Morgan fingerprint density at radius 2 is 2.14 bits per heavy atom. The number of carbonyl (C=O) groups excluding carboxylic acids is 1. The minimum Gasteiger partial charge on any atom is -0.446 e. The molecule has 3 atom stereocenters. The molecule has 5 rings (SSSR count). The summed E-state index contributed by atoms with van der Waals surface area (Å²) < 4.78 is 64.4. The van der Waals surface area contributed by atoms with Crippen LogP contribution in [0.5, 0.6) is 0 Å². The lowest BCUT2D eigenvalue weighted by atomic mass is 10.0. The van der Waals surface area contributed by atoms with Crippen LogP contribution in [0.25, 0.3) is 5.52 Å². The van der Waals surface area contributed by atoms with E-state index in [4.69, 9.17) is 9.52 Å². The summed E-state index contributed by atoms with van der Waals surface area (Å²) in [5.74, 6) is -0.195. The zero-order chi connectivity index (χ0) is 25.7. The molecule has 3 heterocycles. The molecule has 194 valence electrons. The van der Waals surface area contributed by atoms with Gasteiger partial charge in [-0.25, -0.2) is 23.3 Å². The van der Waals surface area contributed by atoms with Crippen molar-refractivity contribution in [2.24, 2.45) is 0 Å². The Bertz CT molecular complexity index is 1400.